The van der Waals surface area contributed by atoms with Crippen molar-refractivity contribution in [2.24, 2.45) is 0 Å². The standard InChI is InChI=1S/C21H23F4N3O2/c1-14(19-5-4-17(12-26-19)30-13-21(23,24)25)8-16(29)9-15-10-18(22)20(27-11-15)28-6-2-3-7-28/h4-5,10-12,14H,2-3,6-9,13H2,1H3/t14-/m0/s1. The zero-order valence-corrected chi connectivity index (χ0v) is 16.6. The number of carbonyl (C=O) groups excluding carboxylic acids is 1. The molecule has 1 fully saturated rings. The monoisotopic (exact) mass is 425 g/mol. The number of hydrogen-bond acceptors (Lipinski definition) is 5. The van der Waals surface area contributed by atoms with Gasteiger partial charge in [-0.15, -0.1) is 0 Å². The molecule has 0 amide bonds. The van der Waals surface area contributed by atoms with Crippen molar-refractivity contribution in [3.05, 3.63) is 47.7 Å². The highest BCUT2D eigenvalue weighted by atomic mass is 19.4. The number of Topliss-reactive ketones (excluding diaryl/α,β-unsaturated/α-hetero) is 1. The zero-order valence-electron chi connectivity index (χ0n) is 16.6. The number of alkyl halides is 3. The van der Waals surface area contributed by atoms with Gasteiger partial charge in [0.25, 0.3) is 0 Å². The van der Waals surface area contributed by atoms with Gasteiger partial charge in [-0.3, -0.25) is 9.78 Å². The summed E-state index contributed by atoms with van der Waals surface area (Å²) in [5.74, 6) is -0.428. The summed E-state index contributed by atoms with van der Waals surface area (Å²) < 4.78 is 55.5. The third kappa shape index (κ3) is 6.14. The van der Waals surface area contributed by atoms with E-state index < -0.39 is 18.6 Å². The molecule has 0 aromatic carbocycles. The van der Waals surface area contributed by atoms with Crippen LogP contribution in [-0.4, -0.2) is 41.6 Å². The number of hydrogen-bond donors (Lipinski definition) is 0. The summed E-state index contributed by atoms with van der Waals surface area (Å²) in [6.07, 6.45) is 0.583. The van der Waals surface area contributed by atoms with E-state index in [1.165, 1.54) is 30.6 Å². The summed E-state index contributed by atoms with van der Waals surface area (Å²) in [4.78, 5) is 22.6. The lowest BCUT2D eigenvalue weighted by Gasteiger charge is -2.17. The Bertz CT molecular complexity index is 866. The first-order chi connectivity index (χ1) is 14.2. The van der Waals surface area contributed by atoms with Crippen molar-refractivity contribution in [1.29, 1.82) is 0 Å². The van der Waals surface area contributed by atoms with Crippen molar-refractivity contribution in [2.45, 2.75) is 44.7 Å². The number of nitrogens with zero attached hydrogens (tertiary/aromatic N) is 3. The third-order valence-electron chi connectivity index (χ3n) is 4.89. The van der Waals surface area contributed by atoms with Gasteiger partial charge < -0.3 is 9.64 Å². The fourth-order valence-electron chi connectivity index (χ4n) is 3.41. The van der Waals surface area contributed by atoms with Crippen LogP contribution in [0.5, 0.6) is 5.75 Å². The Balaban J connectivity index is 1.53. The molecule has 5 nitrogen and oxygen atoms in total. The molecule has 0 unspecified atom stereocenters. The van der Waals surface area contributed by atoms with Crippen LogP contribution < -0.4 is 9.64 Å². The Labute approximate surface area is 172 Å². The SMILES string of the molecule is C[C@@H](CC(=O)Cc1cnc(N2CCCC2)c(F)c1)c1ccc(OCC(F)(F)F)cn1. The number of ketones is 1. The van der Waals surface area contributed by atoms with E-state index in [1.807, 2.05) is 4.90 Å². The van der Waals surface area contributed by atoms with Crippen LogP contribution in [0.15, 0.2) is 30.6 Å². The van der Waals surface area contributed by atoms with Gasteiger partial charge in [-0.05, 0) is 36.6 Å². The minimum absolute atomic E-state index is 0.00856. The summed E-state index contributed by atoms with van der Waals surface area (Å²) in [6.45, 7) is 1.98. The van der Waals surface area contributed by atoms with E-state index in [4.69, 9.17) is 0 Å². The maximum Gasteiger partial charge on any atom is 0.422 e. The first-order valence-corrected chi connectivity index (χ1v) is 9.78. The molecule has 0 bridgehead atoms. The number of aromatic nitrogens is 2. The Hall–Kier alpha value is -2.71. The highest BCUT2D eigenvalue weighted by Gasteiger charge is 2.28. The van der Waals surface area contributed by atoms with E-state index >= 15 is 0 Å². The van der Waals surface area contributed by atoms with Crippen LogP contribution in [0.25, 0.3) is 0 Å². The topological polar surface area (TPSA) is 55.3 Å². The molecule has 3 heterocycles. The van der Waals surface area contributed by atoms with Gasteiger partial charge in [0.05, 0.1) is 6.20 Å². The predicted molar refractivity (Wildman–Crippen MR) is 103 cm³/mol. The van der Waals surface area contributed by atoms with Gasteiger partial charge in [-0.25, -0.2) is 9.37 Å². The second-order valence-corrected chi connectivity index (χ2v) is 7.49. The van der Waals surface area contributed by atoms with Crippen molar-refractivity contribution in [3.63, 3.8) is 0 Å². The van der Waals surface area contributed by atoms with Gasteiger partial charge in [0.15, 0.2) is 18.2 Å². The quantitative estimate of drug-likeness (QED) is 0.585. The normalized spacial score (nSPS) is 15.3. The molecule has 2 aromatic rings. The van der Waals surface area contributed by atoms with E-state index in [2.05, 4.69) is 14.7 Å². The molecular weight excluding hydrogens is 402 g/mol. The predicted octanol–water partition coefficient (Wildman–Crippen LogP) is 4.46. The lowest BCUT2D eigenvalue weighted by molar-refractivity contribution is -0.153. The lowest BCUT2D eigenvalue weighted by atomic mass is 9.97. The molecule has 3 rings (SSSR count). The number of pyridine rings is 2. The van der Waals surface area contributed by atoms with Gasteiger partial charge in [-0.1, -0.05) is 6.92 Å². The van der Waals surface area contributed by atoms with Crippen molar-refractivity contribution < 1.29 is 27.1 Å². The van der Waals surface area contributed by atoms with Crippen LogP contribution in [0.3, 0.4) is 0 Å². The molecule has 0 aliphatic carbocycles. The van der Waals surface area contributed by atoms with Crippen LogP contribution in [0.1, 0.15) is 43.4 Å². The highest BCUT2D eigenvalue weighted by Crippen LogP contribution is 2.24. The summed E-state index contributed by atoms with van der Waals surface area (Å²) in [5, 5.41) is 0. The van der Waals surface area contributed by atoms with Gasteiger partial charge in [0.1, 0.15) is 11.5 Å². The fraction of sp³-hybridized carbons (Fsp3) is 0.476. The average molecular weight is 425 g/mol. The van der Waals surface area contributed by atoms with Crippen LogP contribution in [-0.2, 0) is 11.2 Å². The van der Waals surface area contributed by atoms with Crippen molar-refractivity contribution in [2.75, 3.05) is 24.6 Å². The second kappa shape index (κ2) is 9.40. The second-order valence-electron chi connectivity index (χ2n) is 7.49. The van der Waals surface area contributed by atoms with Crippen molar-refractivity contribution >= 4 is 11.6 Å². The van der Waals surface area contributed by atoms with Gasteiger partial charge in [-0.2, -0.15) is 13.2 Å². The molecule has 1 aliphatic heterocycles. The van der Waals surface area contributed by atoms with Crippen LogP contribution in [0.2, 0.25) is 0 Å². The fourth-order valence-corrected chi connectivity index (χ4v) is 3.41. The first-order valence-electron chi connectivity index (χ1n) is 9.78. The molecule has 0 spiro atoms. The number of ether oxygens (including phenoxy) is 1. The molecular formula is C21H23F4N3O2. The molecule has 0 radical (unpaired) electrons. The lowest BCUT2D eigenvalue weighted by Crippen LogP contribution is -2.20. The minimum Gasteiger partial charge on any atom is -0.483 e. The molecule has 9 heteroatoms. The third-order valence-corrected chi connectivity index (χ3v) is 4.89. The molecule has 2 aromatic heterocycles. The maximum absolute atomic E-state index is 14.3. The molecule has 162 valence electrons. The van der Waals surface area contributed by atoms with Crippen molar-refractivity contribution in [3.8, 4) is 5.75 Å². The summed E-state index contributed by atoms with van der Waals surface area (Å²) in [5.41, 5.74) is 1.08. The Kier molecular flexibility index (Phi) is 6.89. The molecule has 1 atom stereocenters. The van der Waals surface area contributed by atoms with E-state index in [0.29, 0.717) is 17.1 Å². The Morgan fingerprint density at radius 3 is 2.53 bits per heavy atom. The number of halogens is 4. The average Bonchev–Trinajstić information content (AvgIpc) is 3.20. The van der Waals surface area contributed by atoms with Crippen molar-refractivity contribution in [1.82, 2.24) is 9.97 Å². The molecule has 0 saturated carbocycles. The highest BCUT2D eigenvalue weighted by molar-refractivity contribution is 5.81. The smallest absolute Gasteiger partial charge is 0.422 e. The van der Waals surface area contributed by atoms with Crippen LogP contribution in [0.4, 0.5) is 23.4 Å². The van der Waals surface area contributed by atoms with E-state index in [1.54, 1.807) is 6.92 Å². The number of rotatable bonds is 8. The summed E-state index contributed by atoms with van der Waals surface area (Å²) in [7, 11) is 0. The molecule has 0 N–H and O–H groups in total. The number of anilines is 1. The van der Waals surface area contributed by atoms with Gasteiger partial charge in [0.2, 0.25) is 0 Å². The van der Waals surface area contributed by atoms with E-state index in [-0.39, 0.29) is 30.3 Å². The summed E-state index contributed by atoms with van der Waals surface area (Å²) in [6, 6.07) is 4.29. The Morgan fingerprint density at radius 2 is 1.93 bits per heavy atom. The summed E-state index contributed by atoms with van der Waals surface area (Å²) >= 11 is 0. The van der Waals surface area contributed by atoms with E-state index in [9.17, 15) is 22.4 Å². The molecule has 1 aliphatic rings. The largest absolute Gasteiger partial charge is 0.483 e. The van der Waals surface area contributed by atoms with Gasteiger partial charge >= 0.3 is 6.18 Å². The molecule has 30 heavy (non-hydrogen) atoms. The van der Waals surface area contributed by atoms with Gasteiger partial charge in [0, 0.05) is 43.7 Å². The number of carbonyl (C=O) groups is 1. The van der Waals surface area contributed by atoms with E-state index in [0.717, 1.165) is 25.9 Å². The minimum atomic E-state index is -4.42. The maximum atomic E-state index is 14.3. The van der Waals surface area contributed by atoms with Crippen LogP contribution in [0, 0.1) is 5.82 Å². The zero-order chi connectivity index (χ0) is 21.7. The Morgan fingerprint density at radius 1 is 1.20 bits per heavy atom. The van der Waals surface area contributed by atoms with Crippen LogP contribution >= 0.6 is 0 Å². The first kappa shape index (κ1) is 22.0. The molecule has 1 saturated heterocycles.